The minimum atomic E-state index is -3.42. The fourth-order valence-electron chi connectivity index (χ4n) is 2.88. The zero-order valence-electron chi connectivity index (χ0n) is 14.1. The molecule has 2 fully saturated rings. The van der Waals surface area contributed by atoms with E-state index < -0.39 is 10.0 Å². The van der Waals surface area contributed by atoms with Gasteiger partial charge in [-0.25, -0.2) is 13.4 Å². The van der Waals surface area contributed by atoms with Gasteiger partial charge in [0.25, 0.3) is 10.0 Å². The molecule has 2 saturated heterocycles. The third-order valence-corrected chi connectivity index (χ3v) is 7.71. The van der Waals surface area contributed by atoms with Gasteiger partial charge >= 0.3 is 0 Å². The Morgan fingerprint density at radius 3 is 2.52 bits per heavy atom. The minimum Gasteiger partial charge on any atom is -0.379 e. The molecular formula is C15H25IN4O3S2. The number of ether oxygens (including phenoxy) is 1. The highest BCUT2D eigenvalue weighted by Crippen LogP contribution is 2.26. The van der Waals surface area contributed by atoms with Crippen LogP contribution in [0.1, 0.15) is 24.1 Å². The van der Waals surface area contributed by atoms with E-state index >= 15 is 0 Å². The Bertz CT molecular complexity index is 681. The van der Waals surface area contributed by atoms with E-state index in [1.54, 1.807) is 6.07 Å². The molecule has 0 saturated carbocycles. The lowest BCUT2D eigenvalue weighted by Gasteiger charge is -2.27. The quantitative estimate of drug-likeness (QED) is 0.386. The van der Waals surface area contributed by atoms with Crippen molar-refractivity contribution in [2.45, 2.75) is 30.0 Å². The van der Waals surface area contributed by atoms with E-state index in [1.807, 2.05) is 6.07 Å². The second kappa shape index (κ2) is 9.49. The SMILES string of the molecule is I.NC(=NCc1ccc(S(=O)(=O)N2CCOCC2)s1)N1CCCCC1. The molecule has 1 aromatic rings. The van der Waals surface area contributed by atoms with Crippen molar-refractivity contribution in [2.24, 2.45) is 10.7 Å². The molecule has 0 amide bonds. The summed E-state index contributed by atoms with van der Waals surface area (Å²) >= 11 is 1.27. The normalized spacial score (nSPS) is 20.3. The summed E-state index contributed by atoms with van der Waals surface area (Å²) in [6.45, 7) is 4.06. The van der Waals surface area contributed by atoms with Crippen molar-refractivity contribution in [2.75, 3.05) is 39.4 Å². The number of rotatable bonds is 4. The number of piperidine rings is 1. The highest BCUT2D eigenvalue weighted by molar-refractivity contribution is 14.0. The number of thiophene rings is 1. The Morgan fingerprint density at radius 2 is 1.84 bits per heavy atom. The Kier molecular flexibility index (Phi) is 7.92. The third kappa shape index (κ3) is 5.28. The van der Waals surface area contributed by atoms with E-state index in [9.17, 15) is 8.42 Å². The molecule has 0 aliphatic carbocycles. The van der Waals surface area contributed by atoms with Crippen LogP contribution in [0.2, 0.25) is 0 Å². The van der Waals surface area contributed by atoms with Crippen LogP contribution >= 0.6 is 35.3 Å². The van der Waals surface area contributed by atoms with Gasteiger partial charge in [0, 0.05) is 31.1 Å². The number of sulfonamides is 1. The number of morpholine rings is 1. The molecule has 0 spiro atoms. The molecule has 142 valence electrons. The lowest BCUT2D eigenvalue weighted by atomic mass is 10.1. The zero-order valence-corrected chi connectivity index (χ0v) is 18.1. The monoisotopic (exact) mass is 500 g/mol. The highest BCUT2D eigenvalue weighted by Gasteiger charge is 2.27. The van der Waals surface area contributed by atoms with Crippen LogP contribution in [-0.4, -0.2) is 63.0 Å². The van der Waals surface area contributed by atoms with Gasteiger partial charge in [0.1, 0.15) is 4.21 Å². The number of halogens is 1. The maximum absolute atomic E-state index is 12.6. The Labute approximate surface area is 170 Å². The Morgan fingerprint density at radius 1 is 1.16 bits per heavy atom. The number of hydrogen-bond donors (Lipinski definition) is 1. The van der Waals surface area contributed by atoms with Crippen LogP contribution in [0.15, 0.2) is 21.3 Å². The standard InChI is InChI=1S/C15H24N4O3S2.HI/c16-15(18-6-2-1-3-7-18)17-12-13-4-5-14(23-13)24(20,21)19-8-10-22-11-9-19;/h4-5H,1-3,6-12H2,(H2,16,17);1H. The lowest BCUT2D eigenvalue weighted by molar-refractivity contribution is 0.0731. The molecule has 0 atom stereocenters. The van der Waals surface area contributed by atoms with Gasteiger partial charge < -0.3 is 15.4 Å². The summed E-state index contributed by atoms with van der Waals surface area (Å²) in [6, 6.07) is 3.49. The van der Waals surface area contributed by atoms with E-state index in [2.05, 4.69) is 9.89 Å². The molecule has 25 heavy (non-hydrogen) atoms. The Hall–Kier alpha value is -0.430. The molecule has 2 aliphatic heterocycles. The average Bonchev–Trinajstić information content (AvgIpc) is 3.11. The first-order chi connectivity index (χ1) is 11.6. The van der Waals surface area contributed by atoms with Crippen molar-refractivity contribution in [3.05, 3.63) is 17.0 Å². The molecule has 1 aromatic heterocycles. The van der Waals surface area contributed by atoms with Gasteiger partial charge in [0.2, 0.25) is 0 Å². The van der Waals surface area contributed by atoms with E-state index in [4.69, 9.17) is 10.5 Å². The first kappa shape index (κ1) is 20.9. The first-order valence-corrected chi connectivity index (χ1v) is 10.5. The highest BCUT2D eigenvalue weighted by atomic mass is 127. The summed E-state index contributed by atoms with van der Waals surface area (Å²) in [6.07, 6.45) is 3.55. The molecule has 3 rings (SSSR count). The van der Waals surface area contributed by atoms with E-state index in [1.165, 1.54) is 22.1 Å². The summed E-state index contributed by atoms with van der Waals surface area (Å²) in [4.78, 5) is 7.43. The van der Waals surface area contributed by atoms with Crippen molar-refractivity contribution in [1.29, 1.82) is 0 Å². The fourth-order valence-corrected chi connectivity index (χ4v) is 5.72. The third-order valence-electron chi connectivity index (χ3n) is 4.28. The molecule has 2 aliphatic rings. The van der Waals surface area contributed by atoms with Gasteiger partial charge in [-0.3, -0.25) is 0 Å². The van der Waals surface area contributed by atoms with Crippen molar-refractivity contribution in [3.63, 3.8) is 0 Å². The van der Waals surface area contributed by atoms with Crippen LogP contribution in [0.3, 0.4) is 0 Å². The molecule has 2 N–H and O–H groups in total. The van der Waals surface area contributed by atoms with E-state index in [0.717, 1.165) is 30.8 Å². The summed E-state index contributed by atoms with van der Waals surface area (Å²) in [5.74, 6) is 0.556. The number of nitrogens with zero attached hydrogens (tertiary/aromatic N) is 3. The number of guanidine groups is 1. The van der Waals surface area contributed by atoms with Crippen LogP contribution in [0, 0.1) is 0 Å². The molecule has 0 aromatic carbocycles. The van der Waals surface area contributed by atoms with E-state index in [0.29, 0.717) is 43.0 Å². The van der Waals surface area contributed by atoms with Gasteiger partial charge in [0.15, 0.2) is 5.96 Å². The maximum atomic E-state index is 12.6. The largest absolute Gasteiger partial charge is 0.379 e. The van der Waals surface area contributed by atoms with Gasteiger partial charge in [-0.15, -0.1) is 35.3 Å². The van der Waals surface area contributed by atoms with Crippen molar-refractivity contribution in [1.82, 2.24) is 9.21 Å². The van der Waals surface area contributed by atoms with Crippen LogP contribution in [0.4, 0.5) is 0 Å². The van der Waals surface area contributed by atoms with Crippen molar-refractivity contribution < 1.29 is 13.2 Å². The number of likely N-dealkylation sites (tertiary alicyclic amines) is 1. The topological polar surface area (TPSA) is 88.2 Å². The summed E-state index contributed by atoms with van der Waals surface area (Å²) in [5.41, 5.74) is 6.05. The minimum absolute atomic E-state index is 0. The number of aliphatic imine (C=N–C) groups is 1. The molecule has 0 bridgehead atoms. The fraction of sp³-hybridized carbons (Fsp3) is 0.667. The molecule has 3 heterocycles. The van der Waals surface area contributed by atoms with E-state index in [-0.39, 0.29) is 24.0 Å². The molecule has 0 unspecified atom stereocenters. The predicted molar refractivity (Wildman–Crippen MR) is 110 cm³/mol. The molecular weight excluding hydrogens is 475 g/mol. The van der Waals surface area contributed by atoms with Crippen molar-refractivity contribution in [3.8, 4) is 0 Å². The smallest absolute Gasteiger partial charge is 0.252 e. The lowest BCUT2D eigenvalue weighted by Crippen LogP contribution is -2.40. The van der Waals surface area contributed by atoms with Gasteiger partial charge in [-0.1, -0.05) is 0 Å². The second-order valence-corrected chi connectivity index (χ2v) is 9.29. The van der Waals surface area contributed by atoms with Gasteiger partial charge in [-0.2, -0.15) is 4.31 Å². The number of nitrogens with two attached hydrogens (primary N) is 1. The molecule has 0 radical (unpaired) electrons. The van der Waals surface area contributed by atoms with Crippen LogP contribution < -0.4 is 5.73 Å². The summed E-state index contributed by atoms with van der Waals surface area (Å²) in [7, 11) is -3.42. The molecule has 10 heteroatoms. The van der Waals surface area contributed by atoms with Crippen LogP contribution in [0.25, 0.3) is 0 Å². The Balaban J connectivity index is 0.00000225. The predicted octanol–water partition coefficient (Wildman–Crippen LogP) is 1.69. The second-order valence-electron chi connectivity index (χ2n) is 5.96. The average molecular weight is 500 g/mol. The number of hydrogen-bond acceptors (Lipinski definition) is 5. The van der Waals surface area contributed by atoms with Crippen LogP contribution in [0.5, 0.6) is 0 Å². The maximum Gasteiger partial charge on any atom is 0.252 e. The van der Waals surface area contributed by atoms with Crippen LogP contribution in [-0.2, 0) is 21.3 Å². The van der Waals surface area contributed by atoms with Crippen molar-refractivity contribution >= 4 is 51.3 Å². The molecule has 7 nitrogen and oxygen atoms in total. The van der Waals surface area contributed by atoms with Gasteiger partial charge in [0.05, 0.1) is 19.8 Å². The summed E-state index contributed by atoms with van der Waals surface area (Å²) in [5, 5.41) is 0. The van der Waals surface area contributed by atoms with Gasteiger partial charge in [-0.05, 0) is 31.4 Å². The zero-order chi connectivity index (χ0) is 17.0. The first-order valence-electron chi connectivity index (χ1n) is 8.29. The summed E-state index contributed by atoms with van der Waals surface area (Å²) < 4.78 is 32.3.